The lowest BCUT2D eigenvalue weighted by molar-refractivity contribution is -0.274. The van der Waals surface area contributed by atoms with E-state index in [1.54, 1.807) is 13.0 Å². The number of nitrogens with zero attached hydrogens (tertiary/aromatic N) is 1. The van der Waals surface area contributed by atoms with Crippen LogP contribution < -0.4 is 9.47 Å². The van der Waals surface area contributed by atoms with E-state index in [9.17, 15) is 27.5 Å². The van der Waals surface area contributed by atoms with Crippen molar-refractivity contribution in [2.75, 3.05) is 6.61 Å². The SMILES string of the molecule is CCOc1cccc(F)c1[C@@H]1C[C@@H](O)C(=O)N1Cc1ccc(OC(F)(F)F)c(Cl)c1. The number of alkyl halides is 3. The Hall–Kier alpha value is -2.52. The van der Waals surface area contributed by atoms with Gasteiger partial charge in [-0.05, 0) is 36.8 Å². The van der Waals surface area contributed by atoms with E-state index in [1.165, 1.54) is 29.2 Å². The van der Waals surface area contributed by atoms with Crippen molar-refractivity contribution in [3.63, 3.8) is 0 Å². The minimum Gasteiger partial charge on any atom is -0.493 e. The molecule has 2 aromatic carbocycles. The Bertz CT molecular complexity index is 938. The fourth-order valence-corrected chi connectivity index (χ4v) is 3.66. The molecule has 2 atom stereocenters. The topological polar surface area (TPSA) is 59.0 Å². The van der Waals surface area contributed by atoms with Gasteiger partial charge in [-0.1, -0.05) is 23.7 Å². The summed E-state index contributed by atoms with van der Waals surface area (Å²) in [6, 6.07) is 7.02. The maximum absolute atomic E-state index is 14.6. The Morgan fingerprint density at radius 1 is 1.23 bits per heavy atom. The maximum atomic E-state index is 14.6. The van der Waals surface area contributed by atoms with Crippen molar-refractivity contribution in [3.8, 4) is 11.5 Å². The lowest BCUT2D eigenvalue weighted by Gasteiger charge is -2.27. The van der Waals surface area contributed by atoms with Crippen LogP contribution in [0.4, 0.5) is 17.6 Å². The number of carbonyl (C=O) groups excluding carboxylic acids is 1. The number of aliphatic hydroxyl groups is 1. The van der Waals surface area contributed by atoms with E-state index in [0.717, 1.165) is 6.07 Å². The third kappa shape index (κ3) is 4.79. The van der Waals surface area contributed by atoms with E-state index in [2.05, 4.69) is 4.74 Å². The van der Waals surface area contributed by atoms with Crippen LogP contribution in [0, 0.1) is 5.82 Å². The Balaban J connectivity index is 1.91. The average molecular weight is 448 g/mol. The standard InChI is InChI=1S/C20H18ClF4NO4/c1-2-29-17-5-3-4-13(22)18(17)14-9-15(27)19(28)26(14)10-11-6-7-16(12(21)8-11)30-20(23,24)25/h3-8,14-15,27H,2,9-10H2,1H3/t14-,15+/m0/s1. The molecule has 1 aliphatic heterocycles. The molecule has 0 aliphatic carbocycles. The van der Waals surface area contributed by atoms with Gasteiger partial charge in [-0.15, -0.1) is 13.2 Å². The van der Waals surface area contributed by atoms with E-state index in [-0.39, 0.29) is 35.9 Å². The molecule has 2 aromatic rings. The molecule has 1 amide bonds. The quantitative estimate of drug-likeness (QED) is 0.657. The molecule has 1 saturated heterocycles. The first kappa shape index (κ1) is 22.2. The van der Waals surface area contributed by atoms with Crippen molar-refractivity contribution in [2.45, 2.75) is 38.4 Å². The summed E-state index contributed by atoms with van der Waals surface area (Å²) in [5.41, 5.74) is 0.517. The summed E-state index contributed by atoms with van der Waals surface area (Å²) in [4.78, 5) is 13.8. The summed E-state index contributed by atoms with van der Waals surface area (Å²) >= 11 is 5.87. The summed E-state index contributed by atoms with van der Waals surface area (Å²) in [5.74, 6) is -1.55. The van der Waals surface area contributed by atoms with E-state index in [0.29, 0.717) is 5.56 Å². The van der Waals surface area contributed by atoms with Crippen LogP contribution in [0.5, 0.6) is 11.5 Å². The molecule has 0 radical (unpaired) electrons. The number of benzene rings is 2. The Labute approximate surface area is 174 Å². The molecule has 0 spiro atoms. The van der Waals surface area contributed by atoms with Crippen molar-refractivity contribution in [1.29, 1.82) is 0 Å². The summed E-state index contributed by atoms with van der Waals surface area (Å²) in [6.45, 7) is 1.90. The van der Waals surface area contributed by atoms with Gasteiger partial charge in [0.2, 0.25) is 0 Å². The number of likely N-dealkylation sites (tertiary alicyclic amines) is 1. The summed E-state index contributed by atoms with van der Waals surface area (Å²) < 4.78 is 61.2. The molecule has 30 heavy (non-hydrogen) atoms. The van der Waals surface area contributed by atoms with Crippen LogP contribution in [-0.2, 0) is 11.3 Å². The molecule has 0 saturated carbocycles. The molecule has 0 bridgehead atoms. The second-order valence-corrected chi connectivity index (χ2v) is 7.04. The monoisotopic (exact) mass is 447 g/mol. The van der Waals surface area contributed by atoms with Gasteiger partial charge in [0.05, 0.1) is 23.2 Å². The molecule has 1 heterocycles. The highest BCUT2D eigenvalue weighted by Crippen LogP contribution is 2.41. The fraction of sp³-hybridized carbons (Fsp3) is 0.350. The van der Waals surface area contributed by atoms with Crippen molar-refractivity contribution in [3.05, 3.63) is 58.4 Å². The van der Waals surface area contributed by atoms with Crippen molar-refractivity contribution in [2.24, 2.45) is 0 Å². The van der Waals surface area contributed by atoms with Gasteiger partial charge in [0.15, 0.2) is 0 Å². The second kappa shape index (κ2) is 8.69. The molecule has 10 heteroatoms. The number of hydrogen-bond acceptors (Lipinski definition) is 4. The lowest BCUT2D eigenvalue weighted by atomic mass is 10.0. The van der Waals surface area contributed by atoms with Crippen LogP contribution in [0.15, 0.2) is 36.4 Å². The molecule has 3 rings (SSSR count). The van der Waals surface area contributed by atoms with Crippen LogP contribution in [0.2, 0.25) is 5.02 Å². The molecular weight excluding hydrogens is 430 g/mol. The van der Waals surface area contributed by atoms with Crippen LogP contribution in [0.25, 0.3) is 0 Å². The zero-order valence-electron chi connectivity index (χ0n) is 15.7. The van der Waals surface area contributed by atoms with Crippen LogP contribution in [-0.4, -0.2) is 35.0 Å². The van der Waals surface area contributed by atoms with Crippen molar-refractivity contribution < 1.29 is 36.9 Å². The summed E-state index contributed by atoms with van der Waals surface area (Å²) in [6.07, 6.45) is -6.29. The maximum Gasteiger partial charge on any atom is 0.573 e. The van der Waals surface area contributed by atoms with Gasteiger partial charge in [0.1, 0.15) is 23.4 Å². The molecule has 1 fully saturated rings. The first-order valence-corrected chi connectivity index (χ1v) is 9.42. The van der Waals surface area contributed by atoms with Gasteiger partial charge in [0, 0.05) is 13.0 Å². The lowest BCUT2D eigenvalue weighted by Crippen LogP contribution is -2.31. The minimum absolute atomic E-state index is 0.0527. The van der Waals surface area contributed by atoms with Gasteiger partial charge in [-0.3, -0.25) is 4.79 Å². The van der Waals surface area contributed by atoms with Gasteiger partial charge < -0.3 is 19.5 Å². The summed E-state index contributed by atoms with van der Waals surface area (Å²) in [7, 11) is 0. The van der Waals surface area contributed by atoms with Gasteiger partial charge in [-0.25, -0.2) is 4.39 Å². The van der Waals surface area contributed by atoms with Crippen molar-refractivity contribution >= 4 is 17.5 Å². The molecule has 0 unspecified atom stereocenters. The number of hydrogen-bond donors (Lipinski definition) is 1. The third-order valence-electron chi connectivity index (χ3n) is 4.61. The molecule has 162 valence electrons. The predicted molar refractivity (Wildman–Crippen MR) is 99.6 cm³/mol. The molecule has 5 nitrogen and oxygen atoms in total. The largest absolute Gasteiger partial charge is 0.573 e. The summed E-state index contributed by atoms with van der Waals surface area (Å²) in [5, 5.41) is 9.79. The van der Waals surface area contributed by atoms with Gasteiger partial charge >= 0.3 is 6.36 Å². The smallest absolute Gasteiger partial charge is 0.493 e. The number of carbonyl (C=O) groups is 1. The number of halogens is 5. The number of rotatable bonds is 6. The van der Waals surface area contributed by atoms with Crippen LogP contribution in [0.3, 0.4) is 0 Å². The number of aliphatic hydroxyl groups excluding tert-OH is 1. The van der Waals surface area contributed by atoms with Crippen LogP contribution in [0.1, 0.15) is 30.5 Å². The normalized spacial score (nSPS) is 19.3. The molecule has 1 aliphatic rings. The van der Waals surface area contributed by atoms with E-state index < -0.39 is 36.0 Å². The van der Waals surface area contributed by atoms with Gasteiger partial charge in [0.25, 0.3) is 5.91 Å². The Morgan fingerprint density at radius 2 is 1.97 bits per heavy atom. The highest BCUT2D eigenvalue weighted by Gasteiger charge is 2.41. The van der Waals surface area contributed by atoms with E-state index >= 15 is 0 Å². The first-order valence-electron chi connectivity index (χ1n) is 9.04. The Morgan fingerprint density at radius 3 is 2.60 bits per heavy atom. The van der Waals surface area contributed by atoms with Gasteiger partial charge in [-0.2, -0.15) is 0 Å². The third-order valence-corrected chi connectivity index (χ3v) is 4.91. The predicted octanol–water partition coefficient (Wildman–Crippen LogP) is 4.61. The zero-order valence-corrected chi connectivity index (χ0v) is 16.5. The highest BCUT2D eigenvalue weighted by atomic mass is 35.5. The highest BCUT2D eigenvalue weighted by molar-refractivity contribution is 6.32. The number of ether oxygens (including phenoxy) is 2. The van der Waals surface area contributed by atoms with E-state index in [4.69, 9.17) is 16.3 Å². The van der Waals surface area contributed by atoms with E-state index in [1.807, 2.05) is 0 Å². The fourth-order valence-electron chi connectivity index (χ4n) is 3.42. The van der Waals surface area contributed by atoms with Crippen LogP contribution >= 0.6 is 11.6 Å². The average Bonchev–Trinajstić information content (AvgIpc) is 2.91. The zero-order chi connectivity index (χ0) is 22.1. The number of amides is 1. The van der Waals surface area contributed by atoms with Crippen molar-refractivity contribution in [1.82, 2.24) is 4.90 Å². The first-order chi connectivity index (χ1) is 14.1. The molecule has 1 N–H and O–H groups in total. The minimum atomic E-state index is -4.90. The molecular formula is C20H18ClF4NO4. The second-order valence-electron chi connectivity index (χ2n) is 6.63. The Kier molecular flexibility index (Phi) is 6.42. The molecule has 0 aromatic heterocycles.